The van der Waals surface area contributed by atoms with Crippen LogP contribution >= 0.6 is 0 Å². The first-order valence-electron chi connectivity index (χ1n) is 8.18. The molecule has 1 saturated heterocycles. The van der Waals surface area contributed by atoms with Crippen LogP contribution in [0.3, 0.4) is 0 Å². The lowest BCUT2D eigenvalue weighted by Crippen LogP contribution is -2.58. The van der Waals surface area contributed by atoms with Gasteiger partial charge in [-0.25, -0.2) is 0 Å². The van der Waals surface area contributed by atoms with Gasteiger partial charge in [-0.05, 0) is 38.6 Å². The third-order valence-corrected chi connectivity index (χ3v) is 4.95. The SMILES string of the molecule is CCCNC(C1CCCOC1)C1(OC)CCCCC1. The molecule has 3 nitrogen and oxygen atoms in total. The Morgan fingerprint density at radius 1 is 1.26 bits per heavy atom. The largest absolute Gasteiger partial charge is 0.381 e. The van der Waals surface area contributed by atoms with Crippen LogP contribution in [0.5, 0.6) is 0 Å². The van der Waals surface area contributed by atoms with E-state index in [0.29, 0.717) is 12.0 Å². The highest BCUT2D eigenvalue weighted by molar-refractivity contribution is 4.99. The van der Waals surface area contributed by atoms with E-state index >= 15 is 0 Å². The van der Waals surface area contributed by atoms with E-state index in [0.717, 1.165) is 19.8 Å². The molecule has 1 heterocycles. The quantitative estimate of drug-likeness (QED) is 0.803. The summed E-state index contributed by atoms with van der Waals surface area (Å²) in [6.07, 6.45) is 10.1. The fraction of sp³-hybridized carbons (Fsp3) is 1.00. The van der Waals surface area contributed by atoms with Crippen LogP contribution in [0.25, 0.3) is 0 Å². The highest BCUT2D eigenvalue weighted by atomic mass is 16.5. The summed E-state index contributed by atoms with van der Waals surface area (Å²) < 4.78 is 11.8. The molecule has 2 aliphatic rings. The fourth-order valence-corrected chi connectivity index (χ4v) is 3.90. The molecule has 1 aliphatic carbocycles. The van der Waals surface area contributed by atoms with Crippen LogP contribution in [-0.2, 0) is 9.47 Å². The van der Waals surface area contributed by atoms with E-state index in [2.05, 4.69) is 12.2 Å². The Morgan fingerprint density at radius 3 is 2.63 bits per heavy atom. The average Bonchev–Trinajstić information content (AvgIpc) is 2.49. The standard InChI is InChI=1S/C16H31NO2/c1-3-11-17-15(14-8-7-12-19-13-14)16(18-2)9-5-4-6-10-16/h14-15,17H,3-13H2,1-2H3. The van der Waals surface area contributed by atoms with Crippen molar-refractivity contribution in [3.63, 3.8) is 0 Å². The van der Waals surface area contributed by atoms with Crippen molar-refractivity contribution in [1.82, 2.24) is 5.32 Å². The van der Waals surface area contributed by atoms with Crippen LogP contribution in [0.2, 0.25) is 0 Å². The monoisotopic (exact) mass is 269 g/mol. The molecule has 2 atom stereocenters. The molecule has 3 heteroatoms. The Bertz CT molecular complexity index is 245. The molecule has 1 N–H and O–H groups in total. The van der Waals surface area contributed by atoms with Gasteiger partial charge in [0.25, 0.3) is 0 Å². The van der Waals surface area contributed by atoms with Crippen LogP contribution < -0.4 is 5.32 Å². The maximum atomic E-state index is 6.07. The van der Waals surface area contributed by atoms with Gasteiger partial charge in [0, 0.05) is 25.7 Å². The minimum Gasteiger partial charge on any atom is -0.381 e. The zero-order chi connectivity index (χ0) is 13.6. The van der Waals surface area contributed by atoms with Crippen molar-refractivity contribution in [2.45, 2.75) is 69.9 Å². The molecule has 112 valence electrons. The van der Waals surface area contributed by atoms with Gasteiger partial charge in [0.15, 0.2) is 0 Å². The molecule has 0 bridgehead atoms. The Morgan fingerprint density at radius 2 is 2.05 bits per heavy atom. The van der Waals surface area contributed by atoms with Gasteiger partial charge < -0.3 is 14.8 Å². The Kier molecular flexibility index (Phi) is 6.11. The second-order valence-corrected chi connectivity index (χ2v) is 6.24. The minimum absolute atomic E-state index is 0.0544. The van der Waals surface area contributed by atoms with Crippen LogP contribution in [0, 0.1) is 5.92 Å². The molecular weight excluding hydrogens is 238 g/mol. The molecule has 19 heavy (non-hydrogen) atoms. The molecule has 0 aromatic rings. The third-order valence-electron chi connectivity index (χ3n) is 4.95. The summed E-state index contributed by atoms with van der Waals surface area (Å²) in [4.78, 5) is 0. The summed E-state index contributed by atoms with van der Waals surface area (Å²) in [7, 11) is 1.91. The molecular formula is C16H31NO2. The first kappa shape index (κ1) is 15.3. The van der Waals surface area contributed by atoms with Crippen LogP contribution in [0.15, 0.2) is 0 Å². The van der Waals surface area contributed by atoms with Gasteiger partial charge >= 0.3 is 0 Å². The number of hydrogen-bond donors (Lipinski definition) is 1. The van der Waals surface area contributed by atoms with E-state index in [1.807, 2.05) is 7.11 Å². The summed E-state index contributed by atoms with van der Waals surface area (Å²) >= 11 is 0. The van der Waals surface area contributed by atoms with Crippen molar-refractivity contribution in [3.05, 3.63) is 0 Å². The number of ether oxygens (including phenoxy) is 2. The molecule has 0 amide bonds. The van der Waals surface area contributed by atoms with E-state index in [4.69, 9.17) is 9.47 Å². The Hall–Kier alpha value is -0.120. The lowest BCUT2D eigenvalue weighted by molar-refractivity contribution is -0.0983. The zero-order valence-corrected chi connectivity index (χ0v) is 12.7. The predicted molar refractivity (Wildman–Crippen MR) is 78.4 cm³/mol. The zero-order valence-electron chi connectivity index (χ0n) is 12.7. The van der Waals surface area contributed by atoms with E-state index in [-0.39, 0.29) is 5.60 Å². The van der Waals surface area contributed by atoms with E-state index in [1.165, 1.54) is 51.4 Å². The van der Waals surface area contributed by atoms with Gasteiger partial charge in [0.05, 0.1) is 12.2 Å². The Balaban J connectivity index is 2.08. The molecule has 2 fully saturated rings. The second kappa shape index (κ2) is 7.61. The maximum Gasteiger partial charge on any atom is 0.0834 e. The van der Waals surface area contributed by atoms with E-state index in [1.54, 1.807) is 0 Å². The van der Waals surface area contributed by atoms with Crippen molar-refractivity contribution in [2.75, 3.05) is 26.9 Å². The third kappa shape index (κ3) is 3.71. The number of hydrogen-bond acceptors (Lipinski definition) is 3. The fourth-order valence-electron chi connectivity index (χ4n) is 3.90. The minimum atomic E-state index is 0.0544. The average molecular weight is 269 g/mol. The highest BCUT2D eigenvalue weighted by Gasteiger charge is 2.43. The van der Waals surface area contributed by atoms with Crippen molar-refractivity contribution < 1.29 is 9.47 Å². The molecule has 2 unspecified atom stereocenters. The van der Waals surface area contributed by atoms with Crippen LogP contribution in [0.1, 0.15) is 58.3 Å². The van der Waals surface area contributed by atoms with Gasteiger partial charge in [-0.15, -0.1) is 0 Å². The molecule has 0 aromatic carbocycles. The lowest BCUT2D eigenvalue weighted by atomic mass is 9.73. The molecule has 0 radical (unpaired) electrons. The summed E-state index contributed by atoms with van der Waals surface area (Å²) in [6.45, 7) is 5.18. The first-order chi connectivity index (χ1) is 9.32. The van der Waals surface area contributed by atoms with Gasteiger partial charge in [-0.1, -0.05) is 26.2 Å². The highest BCUT2D eigenvalue weighted by Crippen LogP contribution is 2.38. The first-order valence-corrected chi connectivity index (χ1v) is 8.18. The molecule has 1 aliphatic heterocycles. The number of methoxy groups -OCH3 is 1. The summed E-state index contributed by atoms with van der Waals surface area (Å²) in [5, 5.41) is 3.80. The number of nitrogens with one attached hydrogen (secondary N) is 1. The number of rotatable bonds is 6. The smallest absolute Gasteiger partial charge is 0.0834 e. The van der Waals surface area contributed by atoms with Crippen molar-refractivity contribution in [2.24, 2.45) is 5.92 Å². The molecule has 1 saturated carbocycles. The predicted octanol–water partition coefficient (Wildman–Crippen LogP) is 3.13. The van der Waals surface area contributed by atoms with Crippen molar-refractivity contribution in [1.29, 1.82) is 0 Å². The van der Waals surface area contributed by atoms with Gasteiger partial charge in [0.1, 0.15) is 0 Å². The topological polar surface area (TPSA) is 30.5 Å². The van der Waals surface area contributed by atoms with Gasteiger partial charge in [-0.2, -0.15) is 0 Å². The van der Waals surface area contributed by atoms with Crippen molar-refractivity contribution in [3.8, 4) is 0 Å². The molecule has 2 rings (SSSR count). The Labute approximate surface area is 118 Å². The van der Waals surface area contributed by atoms with Crippen LogP contribution in [0.4, 0.5) is 0 Å². The second-order valence-electron chi connectivity index (χ2n) is 6.24. The van der Waals surface area contributed by atoms with E-state index < -0.39 is 0 Å². The normalized spacial score (nSPS) is 29.1. The summed E-state index contributed by atoms with van der Waals surface area (Å²) in [6, 6.07) is 0.470. The van der Waals surface area contributed by atoms with Crippen LogP contribution in [-0.4, -0.2) is 38.5 Å². The summed E-state index contributed by atoms with van der Waals surface area (Å²) in [5.74, 6) is 0.623. The van der Waals surface area contributed by atoms with E-state index in [9.17, 15) is 0 Å². The molecule has 0 aromatic heterocycles. The summed E-state index contributed by atoms with van der Waals surface area (Å²) in [5.41, 5.74) is 0.0544. The van der Waals surface area contributed by atoms with Gasteiger partial charge in [-0.3, -0.25) is 0 Å². The molecule has 0 spiro atoms. The lowest BCUT2D eigenvalue weighted by Gasteiger charge is -2.47. The van der Waals surface area contributed by atoms with Gasteiger partial charge in [0.2, 0.25) is 0 Å². The van der Waals surface area contributed by atoms with Crippen molar-refractivity contribution >= 4 is 0 Å². The maximum absolute atomic E-state index is 6.07.